The van der Waals surface area contributed by atoms with Gasteiger partial charge in [-0.25, -0.2) is 4.98 Å². The predicted molar refractivity (Wildman–Crippen MR) is 126 cm³/mol. The molecule has 3 rings (SSSR count). The number of rotatable bonds is 9. The van der Waals surface area contributed by atoms with Gasteiger partial charge in [-0.15, -0.1) is 0 Å². The summed E-state index contributed by atoms with van der Waals surface area (Å²) in [6.45, 7) is 2.78. The molecule has 0 aliphatic rings. The van der Waals surface area contributed by atoms with E-state index < -0.39 is 0 Å². The fraction of sp³-hybridized carbons (Fsp3) is 0.333. The van der Waals surface area contributed by atoms with Crippen LogP contribution in [-0.4, -0.2) is 67.1 Å². The summed E-state index contributed by atoms with van der Waals surface area (Å²) in [5.41, 5.74) is 3.23. The summed E-state index contributed by atoms with van der Waals surface area (Å²) in [6, 6.07) is 18.3. The highest BCUT2D eigenvalue weighted by atomic mass is 16.5. The Morgan fingerprint density at radius 2 is 1.81 bits per heavy atom. The molecule has 3 aromatic rings. The summed E-state index contributed by atoms with van der Waals surface area (Å²) >= 11 is 0. The van der Waals surface area contributed by atoms with Gasteiger partial charge in [-0.3, -0.25) is 4.99 Å². The second kappa shape index (κ2) is 11.2. The number of ether oxygens (including phenoxy) is 1. The topological polar surface area (TPSA) is 68.8 Å². The highest BCUT2D eigenvalue weighted by Gasteiger charge is 2.11. The van der Waals surface area contributed by atoms with Crippen molar-refractivity contribution < 1.29 is 4.74 Å². The maximum Gasteiger partial charge on any atom is 0.194 e. The van der Waals surface area contributed by atoms with Crippen molar-refractivity contribution in [1.29, 1.82) is 0 Å². The van der Waals surface area contributed by atoms with E-state index in [1.54, 1.807) is 7.05 Å². The van der Waals surface area contributed by atoms with Crippen molar-refractivity contribution in [2.24, 2.45) is 4.99 Å². The lowest BCUT2D eigenvalue weighted by atomic mass is 10.2. The van der Waals surface area contributed by atoms with Crippen LogP contribution in [0.1, 0.15) is 11.4 Å². The minimum atomic E-state index is 0.619. The summed E-state index contributed by atoms with van der Waals surface area (Å²) in [5, 5.41) is 3.43. The molecule has 0 atom stereocenters. The van der Waals surface area contributed by atoms with Crippen LogP contribution in [0.5, 0.6) is 5.75 Å². The molecule has 7 heteroatoms. The number of para-hydroxylation sites is 1. The zero-order valence-corrected chi connectivity index (χ0v) is 18.8. The highest BCUT2D eigenvalue weighted by molar-refractivity contribution is 5.79. The highest BCUT2D eigenvalue weighted by Crippen LogP contribution is 2.18. The Morgan fingerprint density at radius 3 is 2.55 bits per heavy atom. The molecule has 0 radical (unpaired) electrons. The van der Waals surface area contributed by atoms with E-state index in [4.69, 9.17) is 4.74 Å². The third-order valence-electron chi connectivity index (χ3n) is 4.88. The molecule has 0 spiro atoms. The molecule has 0 aliphatic heterocycles. The Balaban J connectivity index is 1.58. The predicted octanol–water partition coefficient (Wildman–Crippen LogP) is 3.22. The van der Waals surface area contributed by atoms with Crippen LogP contribution in [0, 0.1) is 0 Å². The molecule has 0 bridgehead atoms. The van der Waals surface area contributed by atoms with E-state index in [9.17, 15) is 0 Å². The largest absolute Gasteiger partial charge is 0.492 e. The molecule has 0 unspecified atom stereocenters. The van der Waals surface area contributed by atoms with Gasteiger partial charge >= 0.3 is 0 Å². The van der Waals surface area contributed by atoms with Crippen LogP contribution in [0.15, 0.2) is 65.8 Å². The minimum absolute atomic E-state index is 0.619. The maximum atomic E-state index is 5.96. The number of aromatic amines is 1. The van der Waals surface area contributed by atoms with Gasteiger partial charge in [-0.2, -0.15) is 0 Å². The molecular formula is C24H32N6O. The molecule has 0 aliphatic carbocycles. The fourth-order valence-electron chi connectivity index (χ4n) is 3.19. The van der Waals surface area contributed by atoms with Crippen LogP contribution < -0.4 is 10.1 Å². The summed E-state index contributed by atoms with van der Waals surface area (Å²) in [7, 11) is 7.87. The van der Waals surface area contributed by atoms with E-state index in [2.05, 4.69) is 43.4 Å². The van der Waals surface area contributed by atoms with Crippen LogP contribution in [0.2, 0.25) is 0 Å². The van der Waals surface area contributed by atoms with Crippen molar-refractivity contribution in [2.45, 2.75) is 13.1 Å². The van der Waals surface area contributed by atoms with Crippen LogP contribution >= 0.6 is 0 Å². The summed E-state index contributed by atoms with van der Waals surface area (Å²) in [5.74, 6) is 2.57. The molecule has 0 fully saturated rings. The van der Waals surface area contributed by atoms with Gasteiger partial charge in [-0.1, -0.05) is 48.5 Å². The first-order chi connectivity index (χ1) is 15.1. The Kier molecular flexibility index (Phi) is 8.06. The number of nitrogens with one attached hydrogen (secondary N) is 2. The van der Waals surface area contributed by atoms with E-state index in [0.29, 0.717) is 19.7 Å². The molecular weight excluding hydrogens is 388 g/mol. The van der Waals surface area contributed by atoms with Gasteiger partial charge in [0.15, 0.2) is 5.96 Å². The van der Waals surface area contributed by atoms with Crippen LogP contribution in [-0.2, 0) is 13.1 Å². The van der Waals surface area contributed by atoms with Crippen molar-refractivity contribution in [1.82, 2.24) is 25.1 Å². The molecule has 2 N–H and O–H groups in total. The minimum Gasteiger partial charge on any atom is -0.492 e. The van der Waals surface area contributed by atoms with E-state index in [1.165, 1.54) is 0 Å². The number of benzene rings is 2. The fourth-order valence-corrected chi connectivity index (χ4v) is 3.19. The first-order valence-electron chi connectivity index (χ1n) is 10.4. The summed E-state index contributed by atoms with van der Waals surface area (Å²) in [6.07, 6.45) is 1.87. The van der Waals surface area contributed by atoms with E-state index in [-0.39, 0.29) is 0 Å². The molecule has 7 nitrogen and oxygen atoms in total. The molecule has 164 valence electrons. The molecule has 1 heterocycles. The number of imidazole rings is 1. The second-order valence-corrected chi connectivity index (χ2v) is 7.63. The van der Waals surface area contributed by atoms with Gasteiger partial charge in [0.05, 0.1) is 18.4 Å². The van der Waals surface area contributed by atoms with Crippen molar-refractivity contribution in [3.05, 3.63) is 72.2 Å². The first-order valence-corrected chi connectivity index (χ1v) is 10.4. The Hall–Kier alpha value is -3.32. The number of aliphatic imine (C=N–C) groups is 1. The molecule has 31 heavy (non-hydrogen) atoms. The standard InChI is InChI=1S/C24H32N6O/c1-25-24(27-16-20-12-8-9-13-22(20)31-15-14-29(2)3)30(4)18-23-26-17-21(28-23)19-10-6-5-7-11-19/h5-13,17H,14-16,18H2,1-4H3,(H,25,27)(H,26,28). The normalized spacial score (nSPS) is 11.6. The summed E-state index contributed by atoms with van der Waals surface area (Å²) < 4.78 is 5.96. The number of hydrogen-bond acceptors (Lipinski definition) is 4. The number of guanidine groups is 1. The van der Waals surface area contributed by atoms with Crippen LogP contribution in [0.3, 0.4) is 0 Å². The lowest BCUT2D eigenvalue weighted by molar-refractivity contribution is 0.259. The number of hydrogen-bond donors (Lipinski definition) is 2. The molecule has 1 aromatic heterocycles. The van der Waals surface area contributed by atoms with Crippen molar-refractivity contribution in [3.8, 4) is 17.0 Å². The average molecular weight is 421 g/mol. The van der Waals surface area contributed by atoms with Crippen molar-refractivity contribution in [3.63, 3.8) is 0 Å². The number of likely N-dealkylation sites (N-methyl/N-ethyl adjacent to an activating group) is 1. The third-order valence-corrected chi connectivity index (χ3v) is 4.88. The zero-order chi connectivity index (χ0) is 22.1. The number of nitrogens with zero attached hydrogens (tertiary/aromatic N) is 4. The van der Waals surface area contributed by atoms with Gasteiger partial charge in [-0.05, 0) is 25.7 Å². The second-order valence-electron chi connectivity index (χ2n) is 7.63. The Morgan fingerprint density at radius 1 is 1.06 bits per heavy atom. The summed E-state index contributed by atoms with van der Waals surface area (Å²) in [4.78, 5) is 16.5. The van der Waals surface area contributed by atoms with E-state index in [0.717, 1.165) is 40.9 Å². The average Bonchev–Trinajstić information content (AvgIpc) is 3.24. The van der Waals surface area contributed by atoms with Gasteiger partial charge in [0.25, 0.3) is 0 Å². The Bertz CT molecular complexity index is 967. The van der Waals surface area contributed by atoms with Gasteiger partial charge in [0, 0.05) is 32.7 Å². The number of H-pyrrole nitrogens is 1. The van der Waals surface area contributed by atoms with Crippen molar-refractivity contribution in [2.75, 3.05) is 41.3 Å². The first kappa shape index (κ1) is 22.4. The number of aromatic nitrogens is 2. The molecule has 0 saturated carbocycles. The van der Waals surface area contributed by atoms with Gasteiger partial charge in [0.2, 0.25) is 0 Å². The smallest absolute Gasteiger partial charge is 0.194 e. The van der Waals surface area contributed by atoms with E-state index >= 15 is 0 Å². The SMILES string of the molecule is CN=C(NCc1ccccc1OCCN(C)C)N(C)Cc1ncc(-c2ccccc2)[nH]1. The lowest BCUT2D eigenvalue weighted by Crippen LogP contribution is -2.38. The molecule has 0 amide bonds. The lowest BCUT2D eigenvalue weighted by Gasteiger charge is -2.22. The van der Waals surface area contributed by atoms with Crippen LogP contribution in [0.4, 0.5) is 0 Å². The molecule has 0 saturated heterocycles. The van der Waals surface area contributed by atoms with Crippen molar-refractivity contribution >= 4 is 5.96 Å². The van der Waals surface area contributed by atoms with Crippen LogP contribution in [0.25, 0.3) is 11.3 Å². The quantitative estimate of drug-likeness (QED) is 0.411. The Labute approximate surface area is 184 Å². The monoisotopic (exact) mass is 420 g/mol. The maximum absolute atomic E-state index is 5.96. The van der Waals surface area contributed by atoms with Gasteiger partial charge in [0.1, 0.15) is 18.2 Å². The van der Waals surface area contributed by atoms with E-state index in [1.807, 2.05) is 68.6 Å². The molecule has 2 aromatic carbocycles. The van der Waals surface area contributed by atoms with Gasteiger partial charge < -0.3 is 24.8 Å². The third kappa shape index (κ3) is 6.58. The zero-order valence-electron chi connectivity index (χ0n) is 18.8.